The van der Waals surface area contributed by atoms with Crippen molar-refractivity contribution in [2.24, 2.45) is 5.92 Å². The molecule has 0 heterocycles. The molecule has 0 aromatic heterocycles. The smallest absolute Gasteiger partial charge is 0.258 e. The monoisotopic (exact) mass is 339 g/mol. The van der Waals surface area contributed by atoms with Crippen LogP contribution in [0.15, 0.2) is 18.2 Å². The van der Waals surface area contributed by atoms with Gasteiger partial charge in [-0.2, -0.15) is 13.2 Å². The molecule has 0 aliphatic rings. The SMILES string of the molecule is CC(C)C(Br)Cc1ccc([N+](=O)[O-])cc1C(F)(F)F. The molecule has 0 saturated heterocycles. The highest BCUT2D eigenvalue weighted by Gasteiger charge is 2.35. The summed E-state index contributed by atoms with van der Waals surface area (Å²) < 4.78 is 38.7. The largest absolute Gasteiger partial charge is 0.416 e. The van der Waals surface area contributed by atoms with E-state index in [0.29, 0.717) is 6.07 Å². The Balaban J connectivity index is 3.20. The highest BCUT2D eigenvalue weighted by molar-refractivity contribution is 9.09. The molecular formula is C12H13BrF3NO2. The first kappa shape index (κ1) is 15.9. The molecule has 1 aromatic carbocycles. The van der Waals surface area contributed by atoms with E-state index in [1.54, 1.807) is 0 Å². The average Bonchev–Trinajstić information content (AvgIpc) is 2.27. The van der Waals surface area contributed by atoms with E-state index in [9.17, 15) is 23.3 Å². The van der Waals surface area contributed by atoms with Gasteiger partial charge < -0.3 is 0 Å². The Morgan fingerprint density at radius 3 is 2.37 bits per heavy atom. The van der Waals surface area contributed by atoms with Gasteiger partial charge in [0.2, 0.25) is 0 Å². The highest BCUT2D eigenvalue weighted by atomic mass is 79.9. The van der Waals surface area contributed by atoms with Crippen molar-refractivity contribution in [1.29, 1.82) is 0 Å². The van der Waals surface area contributed by atoms with Gasteiger partial charge in [0.05, 0.1) is 10.5 Å². The quantitative estimate of drug-likeness (QED) is 0.458. The molecule has 7 heteroatoms. The molecule has 0 N–H and O–H groups in total. The van der Waals surface area contributed by atoms with E-state index in [0.717, 1.165) is 6.07 Å². The summed E-state index contributed by atoms with van der Waals surface area (Å²) in [5, 5.41) is 10.6. The molecule has 0 saturated carbocycles. The van der Waals surface area contributed by atoms with E-state index in [1.807, 2.05) is 13.8 Å². The zero-order chi connectivity index (χ0) is 14.8. The van der Waals surface area contributed by atoms with Crippen molar-refractivity contribution in [3.05, 3.63) is 39.4 Å². The minimum absolute atomic E-state index is 0.0636. The molecule has 19 heavy (non-hydrogen) atoms. The second-order valence-corrected chi connectivity index (χ2v) is 5.74. The number of benzene rings is 1. The number of nitro benzene ring substituents is 1. The number of hydrogen-bond acceptors (Lipinski definition) is 2. The molecule has 3 nitrogen and oxygen atoms in total. The summed E-state index contributed by atoms with van der Waals surface area (Å²) in [6, 6.07) is 2.87. The van der Waals surface area contributed by atoms with Crippen molar-refractivity contribution in [2.75, 3.05) is 0 Å². The summed E-state index contributed by atoms with van der Waals surface area (Å²) in [7, 11) is 0. The molecule has 0 aliphatic carbocycles. The fourth-order valence-corrected chi connectivity index (χ4v) is 1.91. The van der Waals surface area contributed by atoms with E-state index >= 15 is 0 Å². The standard InChI is InChI=1S/C12H13BrF3NO2/c1-7(2)11(13)5-8-3-4-9(17(18)19)6-10(8)12(14,15)16/h3-4,6-7,11H,5H2,1-2H3. The Morgan fingerprint density at radius 1 is 1.37 bits per heavy atom. The Labute approximate surface area is 117 Å². The van der Waals surface area contributed by atoms with Crippen LogP contribution in [0.3, 0.4) is 0 Å². The normalized spacial score (nSPS) is 13.6. The predicted molar refractivity (Wildman–Crippen MR) is 69.4 cm³/mol. The molecule has 0 aliphatic heterocycles. The number of nitro groups is 1. The van der Waals surface area contributed by atoms with Gasteiger partial charge in [-0.3, -0.25) is 10.1 Å². The van der Waals surface area contributed by atoms with Crippen LogP contribution in [0.5, 0.6) is 0 Å². The maximum absolute atomic E-state index is 12.9. The Hall–Kier alpha value is -1.11. The molecule has 0 radical (unpaired) electrons. The second-order valence-electron chi connectivity index (χ2n) is 4.56. The van der Waals surface area contributed by atoms with E-state index in [2.05, 4.69) is 15.9 Å². The minimum Gasteiger partial charge on any atom is -0.258 e. The predicted octanol–water partition coefficient (Wildman–Crippen LogP) is 4.58. The topological polar surface area (TPSA) is 43.1 Å². The van der Waals surface area contributed by atoms with Crippen LogP contribution < -0.4 is 0 Å². The van der Waals surface area contributed by atoms with Crippen molar-refractivity contribution >= 4 is 21.6 Å². The van der Waals surface area contributed by atoms with Gasteiger partial charge in [0, 0.05) is 17.0 Å². The fraction of sp³-hybridized carbons (Fsp3) is 0.500. The van der Waals surface area contributed by atoms with Gasteiger partial charge in [-0.05, 0) is 17.9 Å². The van der Waals surface area contributed by atoms with Crippen molar-refractivity contribution in [1.82, 2.24) is 0 Å². The highest BCUT2D eigenvalue weighted by Crippen LogP contribution is 2.35. The number of hydrogen-bond donors (Lipinski definition) is 0. The van der Waals surface area contributed by atoms with Crippen LogP contribution >= 0.6 is 15.9 Å². The summed E-state index contributed by atoms with van der Waals surface area (Å²) in [6.45, 7) is 3.77. The average molecular weight is 340 g/mol. The van der Waals surface area contributed by atoms with E-state index in [1.165, 1.54) is 6.07 Å². The van der Waals surface area contributed by atoms with Crippen molar-refractivity contribution in [2.45, 2.75) is 31.3 Å². The number of nitrogens with zero attached hydrogens (tertiary/aromatic N) is 1. The third-order valence-corrected chi connectivity index (χ3v) is 4.13. The van der Waals surface area contributed by atoms with Crippen LogP contribution in [0.4, 0.5) is 18.9 Å². The van der Waals surface area contributed by atoms with Gasteiger partial charge in [-0.25, -0.2) is 0 Å². The van der Waals surface area contributed by atoms with E-state index in [4.69, 9.17) is 0 Å². The maximum Gasteiger partial charge on any atom is 0.416 e. The van der Waals surface area contributed by atoms with Crippen molar-refractivity contribution in [3.63, 3.8) is 0 Å². The zero-order valence-electron chi connectivity index (χ0n) is 10.4. The lowest BCUT2D eigenvalue weighted by molar-refractivity contribution is -0.385. The zero-order valence-corrected chi connectivity index (χ0v) is 12.0. The van der Waals surface area contributed by atoms with Crippen LogP contribution in [0, 0.1) is 16.0 Å². The molecule has 0 spiro atoms. The molecular weight excluding hydrogens is 327 g/mol. The lowest BCUT2D eigenvalue weighted by atomic mass is 9.97. The lowest BCUT2D eigenvalue weighted by Crippen LogP contribution is -2.16. The number of rotatable bonds is 4. The molecule has 106 valence electrons. The van der Waals surface area contributed by atoms with Crippen LogP contribution in [-0.4, -0.2) is 9.75 Å². The summed E-state index contributed by atoms with van der Waals surface area (Å²) in [5.41, 5.74) is -1.42. The molecule has 0 amide bonds. The summed E-state index contributed by atoms with van der Waals surface area (Å²) in [6.07, 6.45) is -4.42. The van der Waals surface area contributed by atoms with Crippen LogP contribution in [0.2, 0.25) is 0 Å². The summed E-state index contributed by atoms with van der Waals surface area (Å²) >= 11 is 3.33. The van der Waals surface area contributed by atoms with E-state index < -0.39 is 22.4 Å². The molecule has 1 unspecified atom stereocenters. The molecule has 0 bridgehead atoms. The Morgan fingerprint density at radius 2 is 1.95 bits per heavy atom. The first-order valence-corrected chi connectivity index (χ1v) is 6.53. The van der Waals surface area contributed by atoms with Crippen LogP contribution in [0.25, 0.3) is 0 Å². The third-order valence-electron chi connectivity index (χ3n) is 2.75. The van der Waals surface area contributed by atoms with Gasteiger partial charge in [0.1, 0.15) is 0 Å². The second kappa shape index (κ2) is 5.90. The Kier molecular flexibility index (Phi) is 4.95. The summed E-state index contributed by atoms with van der Waals surface area (Å²) in [4.78, 5) is 9.61. The van der Waals surface area contributed by atoms with Crippen molar-refractivity contribution in [3.8, 4) is 0 Å². The van der Waals surface area contributed by atoms with Gasteiger partial charge in [0.25, 0.3) is 5.69 Å². The molecule has 0 fully saturated rings. The van der Waals surface area contributed by atoms with Crippen LogP contribution in [-0.2, 0) is 12.6 Å². The van der Waals surface area contributed by atoms with E-state index in [-0.39, 0.29) is 22.7 Å². The molecule has 1 atom stereocenters. The summed E-state index contributed by atoms with van der Waals surface area (Å²) in [5.74, 6) is 0.163. The fourth-order valence-electron chi connectivity index (χ4n) is 1.57. The van der Waals surface area contributed by atoms with Gasteiger partial charge in [-0.1, -0.05) is 35.8 Å². The van der Waals surface area contributed by atoms with Crippen LogP contribution in [0.1, 0.15) is 25.0 Å². The number of non-ortho nitro benzene ring substituents is 1. The third kappa shape index (κ3) is 4.19. The first-order chi connectivity index (χ1) is 8.62. The lowest BCUT2D eigenvalue weighted by Gasteiger charge is -2.17. The minimum atomic E-state index is -4.59. The van der Waals surface area contributed by atoms with Crippen molar-refractivity contribution < 1.29 is 18.1 Å². The van der Waals surface area contributed by atoms with Gasteiger partial charge in [-0.15, -0.1) is 0 Å². The Bertz CT molecular complexity index is 475. The number of alkyl halides is 4. The van der Waals surface area contributed by atoms with Gasteiger partial charge in [0.15, 0.2) is 0 Å². The van der Waals surface area contributed by atoms with Gasteiger partial charge >= 0.3 is 6.18 Å². The number of halogens is 4. The first-order valence-electron chi connectivity index (χ1n) is 5.61. The molecule has 1 rings (SSSR count). The maximum atomic E-state index is 12.9. The molecule has 1 aromatic rings.